The van der Waals surface area contributed by atoms with Crippen LogP contribution in [0.25, 0.3) is 11.4 Å². The molecule has 188 valence electrons. The number of rotatable bonds is 8. The molecule has 0 aromatic heterocycles. The molecule has 1 fully saturated rings. The van der Waals surface area contributed by atoms with Gasteiger partial charge in [-0.05, 0) is 63.1 Å². The number of benzene rings is 1. The lowest BCUT2D eigenvalue weighted by molar-refractivity contribution is -0.131. The first-order valence-electron chi connectivity index (χ1n) is 12.5. The highest BCUT2D eigenvalue weighted by molar-refractivity contribution is 5.75. The molecule has 4 rings (SSSR count). The summed E-state index contributed by atoms with van der Waals surface area (Å²) in [6.45, 7) is 10.5. The van der Waals surface area contributed by atoms with Gasteiger partial charge in [0.2, 0.25) is 5.95 Å². The summed E-state index contributed by atoms with van der Waals surface area (Å²) in [5, 5.41) is 16.3. The Kier molecular flexibility index (Phi) is 7.54. The summed E-state index contributed by atoms with van der Waals surface area (Å²) in [6.07, 6.45) is 4.09. The summed E-state index contributed by atoms with van der Waals surface area (Å²) >= 11 is 0. The van der Waals surface area contributed by atoms with Crippen LogP contribution in [0.15, 0.2) is 24.3 Å². The SMILES string of the molecule is CC(=O)Oc1cccc(CNc2nc(NC3CCC(N)CC3)n(C(C)C)c3c(C(C)C)nnc2-3)c1. The van der Waals surface area contributed by atoms with Crippen molar-refractivity contribution in [2.75, 3.05) is 10.6 Å². The highest BCUT2D eigenvalue weighted by Gasteiger charge is 2.29. The van der Waals surface area contributed by atoms with E-state index in [1.54, 1.807) is 6.07 Å². The van der Waals surface area contributed by atoms with E-state index in [-0.39, 0.29) is 24.0 Å². The van der Waals surface area contributed by atoms with Gasteiger partial charge in [-0.3, -0.25) is 4.79 Å². The lowest BCUT2D eigenvalue weighted by Crippen LogP contribution is -2.34. The number of ether oxygens (including phenoxy) is 1. The van der Waals surface area contributed by atoms with Crippen molar-refractivity contribution in [3.05, 3.63) is 35.5 Å². The van der Waals surface area contributed by atoms with Crippen molar-refractivity contribution in [2.45, 2.75) is 90.9 Å². The van der Waals surface area contributed by atoms with Gasteiger partial charge >= 0.3 is 5.97 Å². The van der Waals surface area contributed by atoms with E-state index >= 15 is 0 Å². The second kappa shape index (κ2) is 10.6. The lowest BCUT2D eigenvalue weighted by Gasteiger charge is -2.30. The van der Waals surface area contributed by atoms with Crippen LogP contribution in [0.4, 0.5) is 11.8 Å². The first kappa shape index (κ1) is 24.9. The summed E-state index contributed by atoms with van der Waals surface area (Å²) in [5.74, 6) is 1.91. The Morgan fingerprint density at radius 3 is 2.57 bits per heavy atom. The second-order valence-corrected chi connectivity index (χ2v) is 10.0. The molecule has 1 saturated carbocycles. The van der Waals surface area contributed by atoms with Crippen molar-refractivity contribution < 1.29 is 9.53 Å². The van der Waals surface area contributed by atoms with Crippen LogP contribution in [0.3, 0.4) is 0 Å². The normalized spacial score (nSPS) is 18.3. The average Bonchev–Trinajstić information content (AvgIpc) is 3.24. The van der Waals surface area contributed by atoms with Gasteiger partial charge in [-0.1, -0.05) is 26.0 Å². The van der Waals surface area contributed by atoms with E-state index in [1.165, 1.54) is 6.92 Å². The Morgan fingerprint density at radius 1 is 1.17 bits per heavy atom. The maximum Gasteiger partial charge on any atom is 0.308 e. The molecule has 2 heterocycles. The minimum Gasteiger partial charge on any atom is -0.427 e. The number of esters is 1. The predicted octanol–water partition coefficient (Wildman–Crippen LogP) is 4.70. The number of carbonyl (C=O) groups excluding carboxylic acids is 1. The monoisotopic (exact) mass is 479 g/mol. The molecule has 1 aromatic rings. The maximum absolute atomic E-state index is 11.3. The zero-order valence-electron chi connectivity index (χ0n) is 21.3. The van der Waals surface area contributed by atoms with Crippen LogP contribution in [0.2, 0.25) is 0 Å². The van der Waals surface area contributed by atoms with Crippen LogP contribution in [0.1, 0.15) is 83.5 Å². The summed E-state index contributed by atoms with van der Waals surface area (Å²) in [6, 6.07) is 8.27. The molecule has 4 N–H and O–H groups in total. The van der Waals surface area contributed by atoms with Crippen LogP contribution in [0, 0.1) is 0 Å². The minimum atomic E-state index is -0.340. The first-order chi connectivity index (χ1) is 16.7. The number of nitrogens with one attached hydrogen (secondary N) is 2. The summed E-state index contributed by atoms with van der Waals surface area (Å²) in [5.41, 5.74) is 9.84. The average molecular weight is 480 g/mol. The van der Waals surface area contributed by atoms with E-state index in [0.29, 0.717) is 24.2 Å². The van der Waals surface area contributed by atoms with E-state index in [0.717, 1.165) is 54.3 Å². The minimum absolute atomic E-state index is 0.177. The third-order valence-electron chi connectivity index (χ3n) is 6.42. The largest absolute Gasteiger partial charge is 0.427 e. The summed E-state index contributed by atoms with van der Waals surface area (Å²) in [4.78, 5) is 16.3. The molecule has 0 amide bonds. The van der Waals surface area contributed by atoms with Gasteiger partial charge in [-0.25, -0.2) is 0 Å². The number of hydrogen-bond donors (Lipinski definition) is 3. The number of anilines is 2. The fourth-order valence-electron chi connectivity index (χ4n) is 4.67. The van der Waals surface area contributed by atoms with Gasteiger partial charge in [-0.2, -0.15) is 10.1 Å². The van der Waals surface area contributed by atoms with E-state index in [9.17, 15) is 4.79 Å². The Balaban J connectivity index is 1.69. The molecule has 0 radical (unpaired) electrons. The van der Waals surface area contributed by atoms with Crippen LogP contribution in [-0.2, 0) is 11.3 Å². The second-order valence-electron chi connectivity index (χ2n) is 10.0. The first-order valence-corrected chi connectivity index (χ1v) is 12.5. The van der Waals surface area contributed by atoms with Crippen molar-refractivity contribution in [1.82, 2.24) is 19.7 Å². The Bertz CT molecular complexity index is 1130. The number of nitrogens with two attached hydrogens (primary N) is 1. The molecule has 2 aliphatic heterocycles. The van der Waals surface area contributed by atoms with Crippen LogP contribution in [-0.4, -0.2) is 37.8 Å². The Morgan fingerprint density at radius 2 is 1.91 bits per heavy atom. The molecule has 0 bridgehead atoms. The zero-order chi connectivity index (χ0) is 25.1. The summed E-state index contributed by atoms with van der Waals surface area (Å²) in [7, 11) is 0. The molecule has 0 atom stereocenters. The molecule has 1 aromatic carbocycles. The Hall–Kier alpha value is -3.20. The molecule has 0 saturated heterocycles. The fourth-order valence-corrected chi connectivity index (χ4v) is 4.67. The number of fused-ring (bicyclic) bond motifs is 1. The highest BCUT2D eigenvalue weighted by Crippen LogP contribution is 2.38. The smallest absolute Gasteiger partial charge is 0.308 e. The molecule has 0 spiro atoms. The highest BCUT2D eigenvalue weighted by atomic mass is 16.5. The standard InChI is InChI=1S/C26H37N7O2/c1-15(2)22-24-23(32-31-22)25(28-14-18-7-6-8-21(13-18)35-17(5)34)30-26(33(24)16(3)4)29-20-11-9-19(27)10-12-20/h6-8,13,15-16,19-20,28H,9-12,14,27H2,1-5H3,(H,29,30). The van der Waals surface area contributed by atoms with Gasteiger partial charge < -0.3 is 25.7 Å². The van der Waals surface area contributed by atoms with E-state index in [2.05, 4.69) is 53.1 Å². The molecule has 9 nitrogen and oxygen atoms in total. The molecule has 35 heavy (non-hydrogen) atoms. The molecular formula is C26H37N7O2. The number of aromatic nitrogens is 4. The van der Waals surface area contributed by atoms with Gasteiger partial charge in [0.05, 0.1) is 11.4 Å². The molecule has 3 aliphatic rings. The van der Waals surface area contributed by atoms with Crippen LogP contribution < -0.4 is 21.1 Å². The Labute approximate surface area is 207 Å². The quantitative estimate of drug-likeness (QED) is 0.314. The van der Waals surface area contributed by atoms with Crippen molar-refractivity contribution >= 4 is 17.7 Å². The van der Waals surface area contributed by atoms with Gasteiger partial charge in [0.1, 0.15) is 5.75 Å². The maximum atomic E-state index is 11.3. The number of nitrogens with zero attached hydrogens (tertiary/aromatic N) is 4. The third-order valence-corrected chi connectivity index (χ3v) is 6.42. The van der Waals surface area contributed by atoms with Gasteiger partial charge in [-0.15, -0.1) is 5.10 Å². The molecule has 0 unspecified atom stereocenters. The fraction of sp³-hybridized carbons (Fsp3) is 0.538. The van der Waals surface area contributed by atoms with Gasteiger partial charge in [0, 0.05) is 31.6 Å². The zero-order valence-corrected chi connectivity index (χ0v) is 21.3. The number of hydrogen-bond acceptors (Lipinski definition) is 8. The molecule has 1 aliphatic carbocycles. The van der Waals surface area contributed by atoms with Crippen LogP contribution >= 0.6 is 0 Å². The van der Waals surface area contributed by atoms with Gasteiger partial charge in [0.25, 0.3) is 0 Å². The van der Waals surface area contributed by atoms with Crippen molar-refractivity contribution in [2.24, 2.45) is 5.73 Å². The van der Waals surface area contributed by atoms with Crippen molar-refractivity contribution in [3.63, 3.8) is 0 Å². The molecular weight excluding hydrogens is 442 g/mol. The number of carbonyl (C=O) groups is 1. The van der Waals surface area contributed by atoms with Crippen LogP contribution in [0.5, 0.6) is 5.75 Å². The van der Waals surface area contributed by atoms with Crippen molar-refractivity contribution in [3.8, 4) is 17.1 Å². The molecule has 9 heteroatoms. The third kappa shape index (κ3) is 5.73. The van der Waals surface area contributed by atoms with E-state index in [4.69, 9.17) is 15.5 Å². The van der Waals surface area contributed by atoms with E-state index in [1.807, 2.05) is 18.2 Å². The van der Waals surface area contributed by atoms with Gasteiger partial charge in [0.15, 0.2) is 11.5 Å². The summed E-state index contributed by atoms with van der Waals surface area (Å²) < 4.78 is 7.46. The lowest BCUT2D eigenvalue weighted by atomic mass is 9.92. The van der Waals surface area contributed by atoms with E-state index < -0.39 is 0 Å². The topological polar surface area (TPSA) is 120 Å². The predicted molar refractivity (Wildman–Crippen MR) is 138 cm³/mol. The van der Waals surface area contributed by atoms with Crippen molar-refractivity contribution in [1.29, 1.82) is 0 Å².